The minimum absolute atomic E-state index is 0.0481. The lowest BCUT2D eigenvalue weighted by Crippen LogP contribution is -2.43. The molecule has 1 aliphatic heterocycles. The number of nitrogens with zero attached hydrogens (tertiary/aromatic N) is 1. The van der Waals surface area contributed by atoms with Crippen LogP contribution in [-0.2, 0) is 11.2 Å². The standard InChI is InChI=1S/C21H22N2O2S2/c24-20(22-10-12-25-16-5-2-1-3-6-16)15-23-11-8-18-17(9-14-27-18)21(23)19-7-4-13-26-19/h1-7,9,13-14,21H,8,10-12,15H2,(H,22,24). The molecule has 4 rings (SSSR count). The van der Waals surface area contributed by atoms with Crippen molar-refractivity contribution in [3.63, 3.8) is 0 Å². The van der Waals surface area contributed by atoms with Gasteiger partial charge in [0.1, 0.15) is 12.4 Å². The number of amides is 1. The largest absolute Gasteiger partial charge is 0.492 e. The van der Waals surface area contributed by atoms with Crippen LogP contribution < -0.4 is 10.1 Å². The summed E-state index contributed by atoms with van der Waals surface area (Å²) in [7, 11) is 0. The predicted octanol–water partition coefficient (Wildman–Crippen LogP) is 3.95. The summed E-state index contributed by atoms with van der Waals surface area (Å²) in [4.78, 5) is 17.5. The number of benzene rings is 1. The van der Waals surface area contributed by atoms with Gasteiger partial charge in [-0.15, -0.1) is 22.7 Å². The molecule has 1 amide bonds. The molecular weight excluding hydrogens is 376 g/mol. The van der Waals surface area contributed by atoms with Crippen molar-refractivity contribution < 1.29 is 9.53 Å². The van der Waals surface area contributed by atoms with E-state index in [0.29, 0.717) is 19.7 Å². The van der Waals surface area contributed by atoms with Crippen molar-refractivity contribution in [3.8, 4) is 5.75 Å². The number of ether oxygens (including phenoxy) is 1. The first-order valence-electron chi connectivity index (χ1n) is 9.09. The average molecular weight is 399 g/mol. The van der Waals surface area contributed by atoms with Crippen LogP contribution in [0.15, 0.2) is 59.3 Å². The third-order valence-corrected chi connectivity index (χ3v) is 6.58. The topological polar surface area (TPSA) is 41.6 Å². The normalized spacial score (nSPS) is 16.7. The van der Waals surface area contributed by atoms with Crippen LogP contribution in [0.1, 0.15) is 21.4 Å². The van der Waals surface area contributed by atoms with E-state index < -0.39 is 0 Å². The quantitative estimate of drug-likeness (QED) is 0.613. The fourth-order valence-electron chi connectivity index (χ4n) is 3.44. The Morgan fingerprint density at radius 3 is 2.81 bits per heavy atom. The van der Waals surface area contributed by atoms with Crippen LogP contribution >= 0.6 is 22.7 Å². The fraction of sp³-hybridized carbons (Fsp3) is 0.286. The number of thiophene rings is 2. The lowest BCUT2D eigenvalue weighted by Gasteiger charge is -2.34. The highest BCUT2D eigenvalue weighted by molar-refractivity contribution is 7.10. The Balaban J connectivity index is 1.33. The number of rotatable bonds is 7. The van der Waals surface area contributed by atoms with Crippen LogP contribution in [0.4, 0.5) is 0 Å². The van der Waals surface area contributed by atoms with Gasteiger partial charge in [-0.05, 0) is 47.0 Å². The van der Waals surface area contributed by atoms with Gasteiger partial charge < -0.3 is 10.1 Å². The van der Waals surface area contributed by atoms with Gasteiger partial charge in [-0.3, -0.25) is 9.69 Å². The van der Waals surface area contributed by atoms with Crippen LogP contribution in [0.3, 0.4) is 0 Å². The minimum atomic E-state index is 0.0481. The van der Waals surface area contributed by atoms with Gasteiger partial charge in [0.15, 0.2) is 0 Å². The molecule has 1 atom stereocenters. The lowest BCUT2D eigenvalue weighted by atomic mass is 9.98. The summed E-state index contributed by atoms with van der Waals surface area (Å²) in [6.07, 6.45) is 1.01. The molecule has 0 saturated carbocycles. The van der Waals surface area contributed by atoms with Gasteiger partial charge in [0.25, 0.3) is 0 Å². The number of carbonyl (C=O) groups is 1. The van der Waals surface area contributed by atoms with Gasteiger partial charge in [0.2, 0.25) is 5.91 Å². The van der Waals surface area contributed by atoms with Gasteiger partial charge in [-0.2, -0.15) is 0 Å². The number of fused-ring (bicyclic) bond motifs is 1. The van der Waals surface area contributed by atoms with Crippen molar-refractivity contribution in [2.75, 3.05) is 26.2 Å². The SMILES string of the molecule is O=C(CN1CCc2sccc2C1c1cccs1)NCCOc1ccccc1. The zero-order chi connectivity index (χ0) is 18.5. The molecule has 27 heavy (non-hydrogen) atoms. The average Bonchev–Trinajstić information content (AvgIpc) is 3.38. The van der Waals surface area contributed by atoms with Crippen LogP contribution in [-0.4, -0.2) is 37.0 Å². The van der Waals surface area contributed by atoms with Gasteiger partial charge in [0, 0.05) is 16.3 Å². The maximum atomic E-state index is 12.5. The van der Waals surface area contributed by atoms with E-state index in [0.717, 1.165) is 18.7 Å². The second-order valence-corrected chi connectivity index (χ2v) is 8.43. The van der Waals surface area contributed by atoms with E-state index in [1.165, 1.54) is 15.3 Å². The smallest absolute Gasteiger partial charge is 0.234 e. The van der Waals surface area contributed by atoms with Crippen molar-refractivity contribution in [3.05, 3.63) is 74.6 Å². The Morgan fingerprint density at radius 1 is 1.11 bits per heavy atom. The molecule has 0 saturated heterocycles. The predicted molar refractivity (Wildman–Crippen MR) is 111 cm³/mol. The molecule has 0 aliphatic carbocycles. The van der Waals surface area contributed by atoms with E-state index in [9.17, 15) is 4.79 Å². The van der Waals surface area contributed by atoms with Gasteiger partial charge in [-0.1, -0.05) is 24.3 Å². The summed E-state index contributed by atoms with van der Waals surface area (Å²) in [6, 6.07) is 16.3. The minimum Gasteiger partial charge on any atom is -0.492 e. The first kappa shape index (κ1) is 18.2. The van der Waals surface area contributed by atoms with E-state index in [4.69, 9.17) is 4.74 Å². The second kappa shape index (κ2) is 8.69. The molecule has 6 heteroatoms. The number of para-hydroxylation sites is 1. The molecule has 0 fully saturated rings. The monoisotopic (exact) mass is 398 g/mol. The zero-order valence-corrected chi connectivity index (χ0v) is 16.6. The second-order valence-electron chi connectivity index (χ2n) is 6.45. The molecule has 4 nitrogen and oxygen atoms in total. The Bertz CT molecular complexity index is 861. The van der Waals surface area contributed by atoms with Crippen LogP contribution in [0.2, 0.25) is 0 Å². The lowest BCUT2D eigenvalue weighted by molar-refractivity contribution is -0.122. The molecule has 1 aromatic carbocycles. The summed E-state index contributed by atoms with van der Waals surface area (Å²) in [6.45, 7) is 2.29. The Labute approximate surface area is 167 Å². The molecule has 2 aromatic heterocycles. The summed E-state index contributed by atoms with van der Waals surface area (Å²) in [5.41, 5.74) is 1.36. The molecule has 3 aromatic rings. The summed E-state index contributed by atoms with van der Waals surface area (Å²) in [5.74, 6) is 0.873. The van der Waals surface area contributed by atoms with Crippen LogP contribution in [0, 0.1) is 0 Å². The fourth-order valence-corrected chi connectivity index (χ4v) is 5.22. The molecule has 140 valence electrons. The zero-order valence-electron chi connectivity index (χ0n) is 15.0. The number of hydrogen-bond acceptors (Lipinski definition) is 5. The molecule has 1 aliphatic rings. The Morgan fingerprint density at radius 2 is 2.00 bits per heavy atom. The maximum Gasteiger partial charge on any atom is 0.234 e. The summed E-state index contributed by atoms with van der Waals surface area (Å²) in [5, 5.41) is 7.25. The highest BCUT2D eigenvalue weighted by atomic mass is 32.1. The van der Waals surface area contributed by atoms with Crippen LogP contribution in [0.5, 0.6) is 5.75 Å². The van der Waals surface area contributed by atoms with Gasteiger partial charge in [0.05, 0.1) is 19.1 Å². The van der Waals surface area contributed by atoms with E-state index in [1.807, 2.05) is 41.7 Å². The Hall–Kier alpha value is -2.15. The van der Waals surface area contributed by atoms with Crippen molar-refractivity contribution in [2.45, 2.75) is 12.5 Å². The van der Waals surface area contributed by atoms with Crippen molar-refractivity contribution in [1.82, 2.24) is 10.2 Å². The first-order chi connectivity index (χ1) is 13.3. The first-order valence-corrected chi connectivity index (χ1v) is 10.9. The molecule has 1 N–H and O–H groups in total. The van der Waals surface area contributed by atoms with E-state index in [2.05, 4.69) is 39.2 Å². The van der Waals surface area contributed by atoms with Crippen molar-refractivity contribution >= 4 is 28.6 Å². The van der Waals surface area contributed by atoms with Gasteiger partial charge >= 0.3 is 0 Å². The van der Waals surface area contributed by atoms with Gasteiger partial charge in [-0.25, -0.2) is 0 Å². The molecule has 0 bridgehead atoms. The third kappa shape index (κ3) is 4.40. The number of carbonyl (C=O) groups excluding carboxylic acids is 1. The highest BCUT2D eigenvalue weighted by Gasteiger charge is 2.31. The van der Waals surface area contributed by atoms with E-state index in [1.54, 1.807) is 11.3 Å². The number of hydrogen-bond donors (Lipinski definition) is 1. The number of nitrogens with one attached hydrogen (secondary N) is 1. The van der Waals surface area contributed by atoms with E-state index in [-0.39, 0.29) is 11.9 Å². The molecule has 1 unspecified atom stereocenters. The highest BCUT2D eigenvalue weighted by Crippen LogP contribution is 2.39. The van der Waals surface area contributed by atoms with E-state index >= 15 is 0 Å². The molecule has 3 heterocycles. The van der Waals surface area contributed by atoms with Crippen molar-refractivity contribution in [2.24, 2.45) is 0 Å². The van der Waals surface area contributed by atoms with Crippen LogP contribution in [0.25, 0.3) is 0 Å². The van der Waals surface area contributed by atoms with Crippen molar-refractivity contribution in [1.29, 1.82) is 0 Å². The summed E-state index contributed by atoms with van der Waals surface area (Å²) < 4.78 is 5.64. The Kier molecular flexibility index (Phi) is 5.87. The summed E-state index contributed by atoms with van der Waals surface area (Å²) >= 11 is 3.58. The molecule has 0 radical (unpaired) electrons. The molecule has 0 spiro atoms. The maximum absolute atomic E-state index is 12.5. The molecular formula is C21H22N2O2S2. The third-order valence-electron chi connectivity index (χ3n) is 4.66.